The van der Waals surface area contributed by atoms with Crippen LogP contribution >= 0.6 is 0 Å². The van der Waals surface area contributed by atoms with Crippen LogP contribution in [0.4, 0.5) is 0 Å². The summed E-state index contributed by atoms with van der Waals surface area (Å²) in [5, 5.41) is 0. The highest BCUT2D eigenvalue weighted by Crippen LogP contribution is 2.31. The van der Waals surface area contributed by atoms with Gasteiger partial charge in [-0.3, -0.25) is 4.99 Å². The molecule has 0 amide bonds. The Hall–Kier alpha value is -1.51. The van der Waals surface area contributed by atoms with E-state index in [9.17, 15) is 0 Å². The van der Waals surface area contributed by atoms with E-state index in [0.717, 1.165) is 23.5 Å². The summed E-state index contributed by atoms with van der Waals surface area (Å²) in [5.41, 5.74) is 2.40. The summed E-state index contributed by atoms with van der Waals surface area (Å²) in [6, 6.07) is 4.37. The molecule has 15 heavy (non-hydrogen) atoms. The van der Waals surface area contributed by atoms with Crippen LogP contribution < -0.4 is 9.47 Å². The largest absolute Gasteiger partial charge is 0.493 e. The van der Waals surface area contributed by atoms with Gasteiger partial charge in [0.05, 0.1) is 20.3 Å². The molecule has 0 radical (unpaired) electrons. The molecule has 1 aromatic rings. The van der Waals surface area contributed by atoms with Crippen LogP contribution in [0.25, 0.3) is 0 Å². The second kappa shape index (κ2) is 3.93. The highest BCUT2D eigenvalue weighted by molar-refractivity contribution is 5.84. The lowest BCUT2D eigenvalue weighted by Crippen LogP contribution is -2.12. The normalized spacial score (nSPS) is 18.5. The van der Waals surface area contributed by atoms with Crippen LogP contribution in [-0.2, 0) is 6.42 Å². The Morgan fingerprint density at radius 2 is 1.87 bits per heavy atom. The fraction of sp³-hybridized carbons (Fsp3) is 0.417. The monoisotopic (exact) mass is 205 g/mol. The highest BCUT2D eigenvalue weighted by atomic mass is 16.5. The van der Waals surface area contributed by atoms with Crippen molar-refractivity contribution >= 4 is 6.21 Å². The van der Waals surface area contributed by atoms with Crippen molar-refractivity contribution in [2.75, 3.05) is 14.2 Å². The minimum absolute atomic E-state index is 0.357. The summed E-state index contributed by atoms with van der Waals surface area (Å²) in [6.07, 6.45) is 2.87. The maximum Gasteiger partial charge on any atom is 0.161 e. The quantitative estimate of drug-likeness (QED) is 0.740. The van der Waals surface area contributed by atoms with Crippen LogP contribution in [0.2, 0.25) is 0 Å². The van der Waals surface area contributed by atoms with E-state index in [2.05, 4.69) is 11.9 Å². The average Bonchev–Trinajstić information content (AvgIpc) is 2.27. The van der Waals surface area contributed by atoms with Gasteiger partial charge in [0.1, 0.15) is 0 Å². The number of nitrogens with zero attached hydrogens (tertiary/aromatic N) is 1. The summed E-state index contributed by atoms with van der Waals surface area (Å²) in [5.74, 6) is 1.55. The molecule has 0 fully saturated rings. The van der Waals surface area contributed by atoms with Crippen LogP contribution in [0.1, 0.15) is 18.1 Å². The molecule has 1 aliphatic heterocycles. The minimum atomic E-state index is 0.357. The molecule has 1 aliphatic rings. The van der Waals surface area contributed by atoms with Crippen molar-refractivity contribution in [3.8, 4) is 11.5 Å². The van der Waals surface area contributed by atoms with Crippen molar-refractivity contribution in [1.29, 1.82) is 0 Å². The number of ether oxygens (including phenoxy) is 2. The number of aliphatic imine (C=N–C) groups is 1. The Balaban J connectivity index is 2.47. The first-order valence-corrected chi connectivity index (χ1v) is 5.02. The molecule has 80 valence electrons. The van der Waals surface area contributed by atoms with E-state index in [1.165, 1.54) is 5.56 Å². The van der Waals surface area contributed by atoms with Gasteiger partial charge in [-0.2, -0.15) is 0 Å². The number of methoxy groups -OCH3 is 2. The van der Waals surface area contributed by atoms with E-state index in [1.807, 2.05) is 18.3 Å². The van der Waals surface area contributed by atoms with Gasteiger partial charge < -0.3 is 9.47 Å². The molecule has 1 atom stereocenters. The maximum atomic E-state index is 5.27. The molecule has 0 saturated heterocycles. The fourth-order valence-electron chi connectivity index (χ4n) is 1.81. The maximum absolute atomic E-state index is 5.27. The Labute approximate surface area is 89.7 Å². The zero-order chi connectivity index (χ0) is 10.8. The van der Waals surface area contributed by atoms with Crippen molar-refractivity contribution in [3.05, 3.63) is 23.3 Å². The molecule has 2 rings (SSSR count). The van der Waals surface area contributed by atoms with Crippen LogP contribution in [0.15, 0.2) is 17.1 Å². The second-order valence-electron chi connectivity index (χ2n) is 3.74. The summed E-state index contributed by atoms with van der Waals surface area (Å²) >= 11 is 0. The predicted molar refractivity (Wildman–Crippen MR) is 60.3 cm³/mol. The predicted octanol–water partition coefficient (Wildman–Crippen LogP) is 2.07. The molecule has 0 aliphatic carbocycles. The van der Waals surface area contributed by atoms with Gasteiger partial charge >= 0.3 is 0 Å². The Morgan fingerprint density at radius 1 is 1.20 bits per heavy atom. The zero-order valence-electron chi connectivity index (χ0n) is 9.28. The lowest BCUT2D eigenvalue weighted by atomic mass is 9.98. The molecule has 1 aromatic carbocycles. The third-order valence-electron chi connectivity index (χ3n) is 2.63. The van der Waals surface area contributed by atoms with Gasteiger partial charge in [-0.1, -0.05) is 0 Å². The third kappa shape index (κ3) is 1.82. The van der Waals surface area contributed by atoms with E-state index in [0.29, 0.717) is 6.04 Å². The molecule has 0 unspecified atom stereocenters. The SMILES string of the molecule is COc1cc2c(cc1OC)C[C@H](C)N=C2. The zero-order valence-corrected chi connectivity index (χ0v) is 9.28. The summed E-state index contributed by atoms with van der Waals surface area (Å²) < 4.78 is 10.5. The van der Waals surface area contributed by atoms with E-state index >= 15 is 0 Å². The van der Waals surface area contributed by atoms with Crippen molar-refractivity contribution in [2.45, 2.75) is 19.4 Å². The highest BCUT2D eigenvalue weighted by Gasteiger charge is 2.15. The van der Waals surface area contributed by atoms with Crippen molar-refractivity contribution < 1.29 is 9.47 Å². The molecule has 0 spiro atoms. The summed E-state index contributed by atoms with van der Waals surface area (Å²) in [7, 11) is 3.30. The first-order chi connectivity index (χ1) is 7.24. The van der Waals surface area contributed by atoms with Gasteiger partial charge in [0.2, 0.25) is 0 Å². The van der Waals surface area contributed by atoms with E-state index < -0.39 is 0 Å². The molecule has 3 nitrogen and oxygen atoms in total. The number of hydrogen-bond donors (Lipinski definition) is 0. The number of fused-ring (bicyclic) bond motifs is 1. The molecule has 0 aromatic heterocycles. The van der Waals surface area contributed by atoms with Gasteiger partial charge in [-0.15, -0.1) is 0 Å². The molecular formula is C12H15NO2. The number of hydrogen-bond acceptors (Lipinski definition) is 3. The third-order valence-corrected chi connectivity index (χ3v) is 2.63. The Morgan fingerprint density at radius 3 is 2.53 bits per heavy atom. The van der Waals surface area contributed by atoms with E-state index in [4.69, 9.17) is 9.47 Å². The Bertz CT molecular complexity index is 399. The lowest BCUT2D eigenvalue weighted by molar-refractivity contribution is 0.354. The van der Waals surface area contributed by atoms with Crippen molar-refractivity contribution in [1.82, 2.24) is 0 Å². The van der Waals surface area contributed by atoms with Gasteiger partial charge in [-0.05, 0) is 36.6 Å². The first-order valence-electron chi connectivity index (χ1n) is 5.02. The molecule has 3 heteroatoms. The van der Waals surface area contributed by atoms with Crippen molar-refractivity contribution in [3.63, 3.8) is 0 Å². The second-order valence-corrected chi connectivity index (χ2v) is 3.74. The standard InChI is InChI=1S/C12H15NO2/c1-8-4-9-5-11(14-2)12(15-3)6-10(9)7-13-8/h5-8H,4H2,1-3H3/t8-/m0/s1. The fourth-order valence-corrected chi connectivity index (χ4v) is 1.81. The molecule has 0 N–H and O–H groups in total. The van der Waals surface area contributed by atoms with Crippen molar-refractivity contribution in [2.24, 2.45) is 4.99 Å². The lowest BCUT2D eigenvalue weighted by Gasteiger charge is -2.17. The molecule has 0 bridgehead atoms. The molecule has 1 heterocycles. The Kier molecular flexibility index (Phi) is 2.62. The minimum Gasteiger partial charge on any atom is -0.493 e. The van der Waals surface area contributed by atoms with E-state index in [-0.39, 0.29) is 0 Å². The molecule has 0 saturated carbocycles. The van der Waals surface area contributed by atoms with Crippen LogP contribution in [0.5, 0.6) is 11.5 Å². The topological polar surface area (TPSA) is 30.8 Å². The number of benzene rings is 1. The average molecular weight is 205 g/mol. The summed E-state index contributed by atoms with van der Waals surface area (Å²) in [4.78, 5) is 4.38. The smallest absolute Gasteiger partial charge is 0.161 e. The van der Waals surface area contributed by atoms with Crippen LogP contribution in [0.3, 0.4) is 0 Å². The van der Waals surface area contributed by atoms with Gasteiger partial charge in [-0.25, -0.2) is 0 Å². The molecular weight excluding hydrogens is 190 g/mol. The van der Waals surface area contributed by atoms with Gasteiger partial charge in [0.25, 0.3) is 0 Å². The van der Waals surface area contributed by atoms with E-state index in [1.54, 1.807) is 14.2 Å². The van der Waals surface area contributed by atoms with Gasteiger partial charge in [0.15, 0.2) is 11.5 Å². The first kappa shape index (κ1) is 10.0. The van der Waals surface area contributed by atoms with Crippen LogP contribution in [-0.4, -0.2) is 26.5 Å². The number of rotatable bonds is 2. The van der Waals surface area contributed by atoms with Crippen LogP contribution in [0, 0.1) is 0 Å². The van der Waals surface area contributed by atoms with Gasteiger partial charge in [0, 0.05) is 6.21 Å². The summed E-state index contributed by atoms with van der Waals surface area (Å²) in [6.45, 7) is 2.11.